The molecule has 12 heavy (non-hydrogen) atoms. The van der Waals surface area contributed by atoms with Crippen molar-refractivity contribution in [1.82, 2.24) is 0 Å². The summed E-state index contributed by atoms with van der Waals surface area (Å²) in [4.78, 5) is 14.4. The Morgan fingerprint density at radius 2 is 2.50 bits per heavy atom. The molecule has 1 aromatic rings. The third-order valence-electron chi connectivity index (χ3n) is 1.60. The lowest BCUT2D eigenvalue weighted by Gasteiger charge is -1.88. The highest BCUT2D eigenvalue weighted by Gasteiger charge is 2.21. The molecule has 0 saturated heterocycles. The van der Waals surface area contributed by atoms with Crippen molar-refractivity contribution in [2.45, 2.75) is 6.42 Å². The zero-order valence-electron chi connectivity index (χ0n) is 5.87. The van der Waals surface area contributed by atoms with Gasteiger partial charge in [-0.2, -0.15) is 0 Å². The summed E-state index contributed by atoms with van der Waals surface area (Å²) in [6.07, 6.45) is 0.397. The second-order valence-electron chi connectivity index (χ2n) is 2.42. The normalized spacial score (nSPS) is 14.2. The molecule has 0 saturated carbocycles. The zero-order chi connectivity index (χ0) is 8.72. The number of carbonyl (C=O) groups is 1. The third kappa shape index (κ3) is 1.13. The second kappa shape index (κ2) is 2.57. The number of rotatable bonds is 1. The van der Waals surface area contributed by atoms with Gasteiger partial charge in [-0.25, -0.2) is 9.79 Å². The summed E-state index contributed by atoms with van der Waals surface area (Å²) in [6.45, 7) is 0. The van der Waals surface area contributed by atoms with Gasteiger partial charge in [0.25, 0.3) is 0 Å². The van der Waals surface area contributed by atoms with Crippen LogP contribution in [0.1, 0.15) is 5.56 Å². The van der Waals surface area contributed by atoms with Gasteiger partial charge < -0.3 is 5.11 Å². The number of nitrogens with zero attached hydrogens (tertiary/aromatic N) is 1. The van der Waals surface area contributed by atoms with Gasteiger partial charge in [0.15, 0.2) is 0 Å². The Kier molecular flexibility index (Phi) is 1.66. The Morgan fingerprint density at radius 1 is 1.75 bits per heavy atom. The third-order valence-corrected chi connectivity index (χ3v) is 2.80. The van der Waals surface area contributed by atoms with Crippen molar-refractivity contribution < 1.29 is 9.90 Å². The first-order valence-electron chi connectivity index (χ1n) is 3.26. The predicted molar refractivity (Wildman–Crippen MR) is 47.8 cm³/mol. The Balaban J connectivity index is 2.39. The summed E-state index contributed by atoms with van der Waals surface area (Å²) in [6, 6.07) is 1.76. The van der Waals surface area contributed by atoms with E-state index in [0.717, 1.165) is 10.6 Å². The summed E-state index contributed by atoms with van der Waals surface area (Å²) < 4.78 is 0.660. The molecule has 1 N–H and O–H groups in total. The minimum atomic E-state index is -0.950. The highest BCUT2D eigenvalue weighted by Crippen LogP contribution is 2.38. The molecule has 0 aromatic carbocycles. The molecule has 3 nitrogen and oxygen atoms in total. The number of fused-ring (bicyclic) bond motifs is 1. The molecule has 1 aliphatic heterocycles. The van der Waals surface area contributed by atoms with Crippen LogP contribution in [0.25, 0.3) is 0 Å². The predicted octanol–water partition coefficient (Wildman–Crippen LogP) is 2.11. The molecular formula is C7H4ClNO2S. The van der Waals surface area contributed by atoms with Gasteiger partial charge in [-0.1, -0.05) is 11.6 Å². The summed E-state index contributed by atoms with van der Waals surface area (Å²) in [7, 11) is 0. The van der Waals surface area contributed by atoms with Crippen LogP contribution in [0.5, 0.6) is 0 Å². The second-order valence-corrected chi connectivity index (χ2v) is 4.08. The number of aliphatic imine (C=N–C) groups is 1. The van der Waals surface area contributed by atoms with Crippen molar-refractivity contribution in [1.29, 1.82) is 0 Å². The average molecular weight is 202 g/mol. The van der Waals surface area contributed by atoms with E-state index >= 15 is 0 Å². The van der Waals surface area contributed by atoms with Crippen LogP contribution in [-0.2, 0) is 11.2 Å². The fraction of sp³-hybridized carbons (Fsp3) is 0.143. The number of carboxylic acid groups (broad SMARTS) is 1. The standard InChI is InChI=1S/C7H4ClNO2S/c8-5-2-3-1-4(7(10)11)9-6(3)12-5/h2H,1H2,(H,10,11). The molecule has 0 bridgehead atoms. The molecule has 0 amide bonds. The maximum Gasteiger partial charge on any atom is 0.350 e. The Bertz CT molecular complexity index is 383. The highest BCUT2D eigenvalue weighted by atomic mass is 35.5. The number of hydrogen-bond donors (Lipinski definition) is 1. The van der Waals surface area contributed by atoms with E-state index in [4.69, 9.17) is 16.7 Å². The quantitative estimate of drug-likeness (QED) is 0.757. The topological polar surface area (TPSA) is 49.7 Å². The van der Waals surface area contributed by atoms with Gasteiger partial charge in [0.2, 0.25) is 0 Å². The van der Waals surface area contributed by atoms with Crippen LogP contribution in [0, 0.1) is 0 Å². The van der Waals surface area contributed by atoms with Gasteiger partial charge in [-0.05, 0) is 11.6 Å². The molecule has 5 heteroatoms. The first kappa shape index (κ1) is 7.76. The van der Waals surface area contributed by atoms with Crippen molar-refractivity contribution in [2.75, 3.05) is 0 Å². The first-order valence-corrected chi connectivity index (χ1v) is 4.45. The molecule has 1 aliphatic rings. The molecule has 0 fully saturated rings. The molecule has 2 rings (SSSR count). The van der Waals surface area contributed by atoms with Crippen LogP contribution >= 0.6 is 22.9 Å². The fourth-order valence-corrected chi connectivity index (χ4v) is 2.23. The minimum Gasteiger partial charge on any atom is -0.477 e. The van der Waals surface area contributed by atoms with E-state index in [-0.39, 0.29) is 5.71 Å². The first-order chi connectivity index (χ1) is 5.66. The largest absolute Gasteiger partial charge is 0.477 e. The molecular weight excluding hydrogens is 198 g/mol. The van der Waals surface area contributed by atoms with E-state index < -0.39 is 5.97 Å². The lowest BCUT2D eigenvalue weighted by Crippen LogP contribution is -2.11. The Hall–Kier alpha value is -0.870. The smallest absolute Gasteiger partial charge is 0.350 e. The molecule has 62 valence electrons. The lowest BCUT2D eigenvalue weighted by atomic mass is 10.2. The average Bonchev–Trinajstić information content (AvgIpc) is 2.42. The fourth-order valence-electron chi connectivity index (χ4n) is 1.07. The minimum absolute atomic E-state index is 0.202. The van der Waals surface area contributed by atoms with E-state index in [1.807, 2.05) is 0 Å². The van der Waals surface area contributed by atoms with Crippen LogP contribution < -0.4 is 0 Å². The van der Waals surface area contributed by atoms with Crippen molar-refractivity contribution in [3.63, 3.8) is 0 Å². The molecule has 0 spiro atoms. The van der Waals surface area contributed by atoms with Crippen LogP contribution in [0.15, 0.2) is 11.1 Å². The lowest BCUT2D eigenvalue weighted by molar-refractivity contribution is -0.129. The van der Waals surface area contributed by atoms with E-state index in [2.05, 4.69) is 4.99 Å². The van der Waals surface area contributed by atoms with Crippen LogP contribution in [0.2, 0.25) is 4.34 Å². The molecule has 0 unspecified atom stereocenters. The molecule has 0 radical (unpaired) electrons. The van der Waals surface area contributed by atoms with E-state index in [1.54, 1.807) is 6.07 Å². The van der Waals surface area contributed by atoms with Crippen LogP contribution in [0.4, 0.5) is 5.00 Å². The SMILES string of the molecule is O=C(O)C1=Nc2sc(Cl)cc2C1. The van der Waals surface area contributed by atoms with Crippen molar-refractivity contribution >= 4 is 39.6 Å². The summed E-state index contributed by atoms with van der Waals surface area (Å²) in [5.41, 5.74) is 1.12. The highest BCUT2D eigenvalue weighted by molar-refractivity contribution is 7.20. The van der Waals surface area contributed by atoms with Gasteiger partial charge in [0.05, 0.1) is 4.34 Å². The van der Waals surface area contributed by atoms with E-state index in [0.29, 0.717) is 10.8 Å². The summed E-state index contributed by atoms with van der Waals surface area (Å²) >= 11 is 7.02. The van der Waals surface area contributed by atoms with E-state index in [1.165, 1.54) is 11.3 Å². The monoisotopic (exact) mass is 201 g/mol. The number of halogens is 1. The van der Waals surface area contributed by atoms with Crippen molar-refractivity contribution in [2.24, 2.45) is 4.99 Å². The van der Waals surface area contributed by atoms with Crippen molar-refractivity contribution in [3.05, 3.63) is 16.0 Å². The maximum atomic E-state index is 10.5. The Morgan fingerprint density at radius 3 is 3.08 bits per heavy atom. The summed E-state index contributed by atoms with van der Waals surface area (Å²) in [5, 5.41) is 9.35. The number of carboxylic acids is 1. The molecule has 2 heterocycles. The van der Waals surface area contributed by atoms with E-state index in [9.17, 15) is 4.79 Å². The molecule has 0 aliphatic carbocycles. The van der Waals surface area contributed by atoms with Gasteiger partial charge >= 0.3 is 5.97 Å². The van der Waals surface area contributed by atoms with Gasteiger partial charge in [0, 0.05) is 6.42 Å². The Labute approximate surface area is 77.3 Å². The van der Waals surface area contributed by atoms with Crippen molar-refractivity contribution in [3.8, 4) is 0 Å². The molecule has 0 atom stereocenters. The van der Waals surface area contributed by atoms with Gasteiger partial charge in [-0.3, -0.25) is 0 Å². The zero-order valence-corrected chi connectivity index (χ0v) is 7.45. The van der Waals surface area contributed by atoms with Crippen LogP contribution in [0.3, 0.4) is 0 Å². The maximum absolute atomic E-state index is 10.5. The number of thiophene rings is 1. The number of hydrogen-bond acceptors (Lipinski definition) is 3. The van der Waals surface area contributed by atoms with Crippen LogP contribution in [-0.4, -0.2) is 16.8 Å². The molecule has 1 aromatic heterocycles. The number of aliphatic carboxylic acids is 1. The van der Waals surface area contributed by atoms with Gasteiger partial charge in [-0.15, -0.1) is 11.3 Å². The summed E-state index contributed by atoms with van der Waals surface area (Å²) in [5.74, 6) is -0.950. The van der Waals surface area contributed by atoms with Gasteiger partial charge in [0.1, 0.15) is 10.7 Å².